The van der Waals surface area contributed by atoms with Gasteiger partial charge in [0, 0.05) is 17.8 Å². The molecule has 3 rings (SSSR count). The molecule has 0 heterocycles. The first-order chi connectivity index (χ1) is 17.7. The number of alkyl halides is 3. The van der Waals surface area contributed by atoms with E-state index in [0.29, 0.717) is 28.9 Å². The van der Waals surface area contributed by atoms with E-state index < -0.39 is 17.6 Å². The second-order valence-corrected chi connectivity index (χ2v) is 7.81. The van der Waals surface area contributed by atoms with Crippen molar-refractivity contribution in [2.75, 3.05) is 6.54 Å². The van der Waals surface area contributed by atoms with E-state index in [1.54, 1.807) is 54.6 Å². The lowest BCUT2D eigenvalue weighted by Gasteiger charge is -2.14. The third-order valence-corrected chi connectivity index (χ3v) is 5.19. The molecular formula is C26H24F3N7O. The van der Waals surface area contributed by atoms with Crippen LogP contribution in [0.2, 0.25) is 0 Å². The second kappa shape index (κ2) is 12.2. The average Bonchev–Trinajstić information content (AvgIpc) is 2.90. The third kappa shape index (κ3) is 7.85. The van der Waals surface area contributed by atoms with Crippen LogP contribution in [0.4, 0.5) is 13.2 Å². The van der Waals surface area contributed by atoms with E-state index in [0.717, 1.165) is 17.7 Å². The minimum absolute atomic E-state index is 0.127. The lowest BCUT2D eigenvalue weighted by molar-refractivity contribution is -0.137. The monoisotopic (exact) mass is 507 g/mol. The summed E-state index contributed by atoms with van der Waals surface area (Å²) in [4.78, 5) is 12.2. The number of benzene rings is 3. The molecule has 1 amide bonds. The molecule has 0 saturated heterocycles. The van der Waals surface area contributed by atoms with Crippen LogP contribution in [0.3, 0.4) is 0 Å². The van der Waals surface area contributed by atoms with Crippen LogP contribution in [0, 0.1) is 10.8 Å². The summed E-state index contributed by atoms with van der Waals surface area (Å²) in [6.07, 6.45) is -2.89. The van der Waals surface area contributed by atoms with Gasteiger partial charge in [0.1, 0.15) is 0 Å². The molecule has 8 nitrogen and oxygen atoms in total. The van der Waals surface area contributed by atoms with Crippen LogP contribution in [0.15, 0.2) is 95.3 Å². The Labute approximate surface area is 211 Å². The molecule has 0 fully saturated rings. The van der Waals surface area contributed by atoms with Crippen molar-refractivity contribution >= 4 is 23.2 Å². The molecule has 0 radical (unpaired) electrons. The van der Waals surface area contributed by atoms with E-state index in [1.807, 2.05) is 6.07 Å². The Hall–Kier alpha value is -4.80. The number of nitrogens with two attached hydrogens (primary N) is 1. The van der Waals surface area contributed by atoms with Crippen molar-refractivity contribution < 1.29 is 18.0 Å². The zero-order valence-electron chi connectivity index (χ0n) is 19.5. The van der Waals surface area contributed by atoms with Gasteiger partial charge < -0.3 is 21.9 Å². The van der Waals surface area contributed by atoms with Crippen LogP contribution in [-0.4, -0.2) is 24.0 Å². The number of amidine groups is 1. The Morgan fingerprint density at radius 2 is 1.49 bits per heavy atom. The van der Waals surface area contributed by atoms with Gasteiger partial charge in [-0.3, -0.25) is 10.2 Å². The molecule has 0 unspecified atom stereocenters. The van der Waals surface area contributed by atoms with Crippen molar-refractivity contribution in [3.8, 4) is 0 Å². The molecule has 0 atom stereocenters. The number of hydrogen-bond acceptors (Lipinski definition) is 5. The van der Waals surface area contributed by atoms with Crippen molar-refractivity contribution in [1.29, 1.82) is 10.8 Å². The highest BCUT2D eigenvalue weighted by molar-refractivity contribution is 6.10. The van der Waals surface area contributed by atoms with Crippen LogP contribution < -0.4 is 16.5 Å². The maximum Gasteiger partial charge on any atom is 0.416 e. The minimum atomic E-state index is -4.45. The molecule has 0 aliphatic heterocycles. The highest BCUT2D eigenvalue weighted by atomic mass is 19.4. The van der Waals surface area contributed by atoms with Gasteiger partial charge in [0.15, 0.2) is 5.84 Å². The van der Waals surface area contributed by atoms with E-state index in [9.17, 15) is 18.0 Å². The second-order valence-electron chi connectivity index (χ2n) is 7.81. The molecule has 190 valence electrons. The number of carbonyl (C=O) groups is 1. The van der Waals surface area contributed by atoms with Gasteiger partial charge >= 0.3 is 6.18 Å². The maximum absolute atomic E-state index is 13.0. The first kappa shape index (κ1) is 26.8. The van der Waals surface area contributed by atoms with Crippen molar-refractivity contribution in [2.45, 2.75) is 12.7 Å². The topological polar surface area (TPSA) is 140 Å². The van der Waals surface area contributed by atoms with E-state index in [2.05, 4.69) is 21.0 Å². The molecule has 37 heavy (non-hydrogen) atoms. The Balaban J connectivity index is 1.75. The smallest absolute Gasteiger partial charge is 0.380 e. The number of rotatable bonds is 9. The standard InChI is InChI=1S/C26H24F3N7O/c27-26(28,29)21-12-10-19(11-13-21)23(14-22(30)18-4-2-1-3-5-18)33-15-17-6-8-20(9-7-17)25(37)34-16-24(31)35-36-32/h1-14,30,33H,15-16H2,(H,34,37)(H3,31,32,35)/b23-14-,30-22?. The summed E-state index contributed by atoms with van der Waals surface area (Å²) in [6.45, 7) is 0.163. The Morgan fingerprint density at radius 1 is 0.865 bits per heavy atom. The van der Waals surface area contributed by atoms with Crippen LogP contribution in [0.1, 0.15) is 32.6 Å². The number of amides is 1. The maximum atomic E-state index is 13.0. The minimum Gasteiger partial charge on any atom is -0.380 e. The average molecular weight is 508 g/mol. The molecule has 0 aliphatic rings. The molecule has 6 N–H and O–H groups in total. The quantitative estimate of drug-likeness (QED) is 0.0922. The fourth-order valence-corrected chi connectivity index (χ4v) is 3.26. The van der Waals surface area contributed by atoms with Crippen molar-refractivity contribution in [2.24, 2.45) is 16.2 Å². The van der Waals surface area contributed by atoms with E-state index >= 15 is 0 Å². The Kier molecular flexibility index (Phi) is 8.87. The van der Waals surface area contributed by atoms with Crippen LogP contribution in [0.5, 0.6) is 0 Å². The predicted molar refractivity (Wildman–Crippen MR) is 135 cm³/mol. The molecule has 0 aromatic heterocycles. The van der Waals surface area contributed by atoms with E-state index in [-0.39, 0.29) is 18.1 Å². The third-order valence-electron chi connectivity index (χ3n) is 5.19. The van der Waals surface area contributed by atoms with Crippen molar-refractivity contribution in [3.63, 3.8) is 0 Å². The fraction of sp³-hybridized carbons (Fsp3) is 0.115. The molecule has 0 bridgehead atoms. The largest absolute Gasteiger partial charge is 0.416 e. The SMILES string of the molecule is N=C(CNC(=O)c1ccc(CN/C(=C\C(=N)c2ccccc2)c2ccc(C(F)(F)F)cc2)cc1)/N=N\N. The van der Waals surface area contributed by atoms with Crippen molar-refractivity contribution in [1.82, 2.24) is 10.6 Å². The number of nitrogens with one attached hydrogen (secondary N) is 4. The molecule has 11 heteroatoms. The van der Waals surface area contributed by atoms with Gasteiger partial charge in [-0.25, -0.2) is 0 Å². The van der Waals surface area contributed by atoms with Gasteiger partial charge in [0.05, 0.1) is 17.8 Å². The zero-order valence-corrected chi connectivity index (χ0v) is 19.5. The van der Waals surface area contributed by atoms with Gasteiger partial charge in [-0.05, 0) is 47.0 Å². The summed E-state index contributed by atoms with van der Waals surface area (Å²) in [6, 6.07) is 20.3. The van der Waals surface area contributed by atoms with Gasteiger partial charge in [0.25, 0.3) is 5.91 Å². The Morgan fingerprint density at radius 3 is 2.08 bits per heavy atom. The zero-order chi connectivity index (χ0) is 26.8. The van der Waals surface area contributed by atoms with Gasteiger partial charge in [-0.2, -0.15) is 13.2 Å². The molecule has 0 spiro atoms. The fourth-order valence-electron chi connectivity index (χ4n) is 3.26. The van der Waals surface area contributed by atoms with Gasteiger partial charge in [-0.15, -0.1) is 5.11 Å². The number of halogens is 3. The van der Waals surface area contributed by atoms with Crippen molar-refractivity contribution in [3.05, 3.63) is 113 Å². The summed E-state index contributed by atoms with van der Waals surface area (Å²) in [5, 5.41) is 27.9. The van der Waals surface area contributed by atoms with Gasteiger partial charge in [0.2, 0.25) is 0 Å². The summed E-state index contributed by atoms with van der Waals surface area (Å²) < 4.78 is 39.0. The highest BCUT2D eigenvalue weighted by Gasteiger charge is 2.30. The summed E-state index contributed by atoms with van der Waals surface area (Å²) in [5.41, 5.74) is 2.21. The number of carbonyl (C=O) groups excluding carboxylic acids is 1. The predicted octanol–water partition coefficient (Wildman–Crippen LogP) is 4.94. The van der Waals surface area contributed by atoms with E-state index in [1.165, 1.54) is 12.1 Å². The summed E-state index contributed by atoms with van der Waals surface area (Å²) in [5.74, 6) is 4.27. The Bertz CT molecular complexity index is 1300. The van der Waals surface area contributed by atoms with Crippen LogP contribution >= 0.6 is 0 Å². The molecule has 0 saturated carbocycles. The number of nitrogens with zero attached hydrogens (tertiary/aromatic N) is 2. The lowest BCUT2D eigenvalue weighted by atomic mass is 10.0. The number of allylic oxidation sites excluding steroid dienone is 1. The molecular weight excluding hydrogens is 483 g/mol. The molecule has 3 aromatic carbocycles. The number of hydrogen-bond donors (Lipinski definition) is 5. The first-order valence-corrected chi connectivity index (χ1v) is 11.0. The lowest BCUT2D eigenvalue weighted by Crippen LogP contribution is -2.28. The summed E-state index contributed by atoms with van der Waals surface area (Å²) in [7, 11) is 0. The first-order valence-electron chi connectivity index (χ1n) is 11.0. The van der Waals surface area contributed by atoms with Gasteiger partial charge in [-0.1, -0.05) is 59.8 Å². The molecule has 0 aliphatic carbocycles. The summed E-state index contributed by atoms with van der Waals surface area (Å²) >= 11 is 0. The highest BCUT2D eigenvalue weighted by Crippen LogP contribution is 2.30. The van der Waals surface area contributed by atoms with E-state index in [4.69, 9.17) is 16.7 Å². The normalized spacial score (nSPS) is 11.8. The van der Waals surface area contributed by atoms with Crippen LogP contribution in [0.25, 0.3) is 5.70 Å². The molecule has 3 aromatic rings. The van der Waals surface area contributed by atoms with Crippen LogP contribution in [-0.2, 0) is 12.7 Å².